The van der Waals surface area contributed by atoms with Gasteiger partial charge >= 0.3 is 0 Å². The summed E-state index contributed by atoms with van der Waals surface area (Å²) in [5.41, 5.74) is 7.67. The van der Waals surface area contributed by atoms with Gasteiger partial charge in [0.25, 0.3) is 0 Å². The summed E-state index contributed by atoms with van der Waals surface area (Å²) in [7, 11) is 1.78. The fourth-order valence-corrected chi connectivity index (χ4v) is 3.66. The number of hydrogen-bond donors (Lipinski definition) is 1. The Morgan fingerprint density at radius 2 is 2.21 bits per heavy atom. The summed E-state index contributed by atoms with van der Waals surface area (Å²) in [5, 5.41) is 1.12. The lowest BCUT2D eigenvalue weighted by Gasteiger charge is -2.31. The number of ether oxygens (including phenoxy) is 1. The van der Waals surface area contributed by atoms with Crippen molar-refractivity contribution in [3.8, 4) is 0 Å². The average Bonchev–Trinajstić information content (AvgIpc) is 2.83. The van der Waals surface area contributed by atoms with Crippen molar-refractivity contribution in [2.24, 2.45) is 5.92 Å². The Morgan fingerprint density at radius 1 is 1.42 bits per heavy atom. The molecule has 0 bridgehead atoms. The van der Waals surface area contributed by atoms with Gasteiger partial charge in [-0.25, -0.2) is 4.98 Å². The third kappa shape index (κ3) is 2.67. The van der Waals surface area contributed by atoms with Crippen molar-refractivity contribution in [3.63, 3.8) is 0 Å². The molecular weight excluding hydrogens is 258 g/mol. The van der Waals surface area contributed by atoms with E-state index in [2.05, 4.69) is 4.90 Å². The highest BCUT2D eigenvalue weighted by atomic mass is 32.1. The van der Waals surface area contributed by atoms with Crippen LogP contribution in [-0.4, -0.2) is 31.8 Å². The molecule has 2 aromatic rings. The van der Waals surface area contributed by atoms with Gasteiger partial charge in [-0.2, -0.15) is 0 Å². The number of hydrogen-bond acceptors (Lipinski definition) is 5. The van der Waals surface area contributed by atoms with E-state index in [0.29, 0.717) is 5.92 Å². The molecule has 1 aliphatic rings. The fourth-order valence-electron chi connectivity index (χ4n) is 2.59. The van der Waals surface area contributed by atoms with Crippen LogP contribution >= 0.6 is 11.3 Å². The van der Waals surface area contributed by atoms with E-state index in [0.717, 1.165) is 36.0 Å². The first-order chi connectivity index (χ1) is 9.26. The summed E-state index contributed by atoms with van der Waals surface area (Å²) in [6, 6.07) is 5.92. The number of anilines is 2. The topological polar surface area (TPSA) is 51.4 Å². The van der Waals surface area contributed by atoms with Crippen molar-refractivity contribution >= 4 is 32.4 Å². The van der Waals surface area contributed by atoms with Gasteiger partial charge in [-0.1, -0.05) is 11.3 Å². The van der Waals surface area contributed by atoms with Gasteiger partial charge in [0.2, 0.25) is 0 Å². The number of fused-ring (bicyclic) bond motifs is 1. The predicted molar refractivity (Wildman–Crippen MR) is 80.8 cm³/mol. The van der Waals surface area contributed by atoms with E-state index >= 15 is 0 Å². The SMILES string of the molecule is COCC1CCN(c2nc3ccc(N)cc3s2)CC1. The number of thiazole rings is 1. The Kier molecular flexibility index (Phi) is 3.57. The third-order valence-electron chi connectivity index (χ3n) is 3.69. The molecule has 1 aromatic carbocycles. The largest absolute Gasteiger partial charge is 0.399 e. The highest BCUT2D eigenvalue weighted by Gasteiger charge is 2.21. The standard InChI is InChI=1S/C14H19N3OS/c1-18-9-10-4-6-17(7-5-10)14-16-12-3-2-11(15)8-13(12)19-14/h2-3,8,10H,4-7,9,15H2,1H3. The maximum atomic E-state index is 5.81. The van der Waals surface area contributed by atoms with Crippen molar-refractivity contribution in [2.75, 3.05) is 37.4 Å². The van der Waals surface area contributed by atoms with Gasteiger partial charge in [-0.15, -0.1) is 0 Å². The molecule has 0 amide bonds. The molecule has 0 aliphatic carbocycles. The predicted octanol–water partition coefficient (Wildman–Crippen LogP) is 2.74. The number of nitrogen functional groups attached to an aromatic ring is 1. The molecule has 1 aromatic heterocycles. The Labute approximate surface area is 117 Å². The number of nitrogens with zero attached hydrogens (tertiary/aromatic N) is 2. The Balaban J connectivity index is 1.74. The summed E-state index contributed by atoms with van der Waals surface area (Å²) in [6.45, 7) is 3.02. The second-order valence-corrected chi connectivity index (χ2v) is 6.12. The number of aromatic nitrogens is 1. The minimum Gasteiger partial charge on any atom is -0.399 e. The molecule has 2 N–H and O–H groups in total. The molecule has 0 radical (unpaired) electrons. The number of rotatable bonds is 3. The fraction of sp³-hybridized carbons (Fsp3) is 0.500. The molecule has 0 unspecified atom stereocenters. The molecule has 3 rings (SSSR count). The Bertz CT molecular complexity index is 561. The van der Waals surface area contributed by atoms with Gasteiger partial charge in [-0.05, 0) is 37.0 Å². The molecule has 1 aliphatic heterocycles. The van der Waals surface area contributed by atoms with Crippen molar-refractivity contribution < 1.29 is 4.74 Å². The van der Waals surface area contributed by atoms with Crippen LogP contribution in [0.15, 0.2) is 18.2 Å². The van der Waals surface area contributed by atoms with Crippen LogP contribution in [0.1, 0.15) is 12.8 Å². The molecule has 4 nitrogen and oxygen atoms in total. The van der Waals surface area contributed by atoms with Crippen molar-refractivity contribution in [1.82, 2.24) is 4.98 Å². The first kappa shape index (κ1) is 12.7. The maximum Gasteiger partial charge on any atom is 0.186 e. The van der Waals surface area contributed by atoms with Crippen LogP contribution in [-0.2, 0) is 4.74 Å². The summed E-state index contributed by atoms with van der Waals surface area (Å²) < 4.78 is 6.41. The van der Waals surface area contributed by atoms with Crippen LogP contribution in [0, 0.1) is 5.92 Å². The zero-order valence-corrected chi connectivity index (χ0v) is 11.9. The van der Waals surface area contributed by atoms with Crippen molar-refractivity contribution in [1.29, 1.82) is 0 Å². The van der Waals surface area contributed by atoms with Crippen molar-refractivity contribution in [3.05, 3.63) is 18.2 Å². The van der Waals surface area contributed by atoms with E-state index in [1.54, 1.807) is 18.4 Å². The van der Waals surface area contributed by atoms with E-state index in [1.807, 2.05) is 18.2 Å². The minimum atomic E-state index is 0.700. The molecule has 0 saturated carbocycles. The number of nitrogens with two attached hydrogens (primary N) is 1. The van der Waals surface area contributed by atoms with Crippen LogP contribution in [0.3, 0.4) is 0 Å². The van der Waals surface area contributed by atoms with Crippen LogP contribution in [0.5, 0.6) is 0 Å². The third-order valence-corrected chi connectivity index (χ3v) is 4.77. The highest BCUT2D eigenvalue weighted by molar-refractivity contribution is 7.22. The zero-order chi connectivity index (χ0) is 13.2. The van der Waals surface area contributed by atoms with Crippen LogP contribution < -0.4 is 10.6 Å². The molecule has 0 spiro atoms. The van der Waals surface area contributed by atoms with E-state index in [9.17, 15) is 0 Å². The van der Waals surface area contributed by atoms with E-state index < -0.39 is 0 Å². The summed E-state index contributed by atoms with van der Waals surface area (Å²) in [4.78, 5) is 7.09. The molecule has 1 saturated heterocycles. The minimum absolute atomic E-state index is 0.700. The Morgan fingerprint density at radius 3 is 2.95 bits per heavy atom. The smallest absolute Gasteiger partial charge is 0.186 e. The van der Waals surface area contributed by atoms with Gasteiger partial charge in [-0.3, -0.25) is 0 Å². The maximum absolute atomic E-state index is 5.81. The van der Waals surface area contributed by atoms with E-state index in [-0.39, 0.29) is 0 Å². The normalized spacial score (nSPS) is 17.2. The van der Waals surface area contributed by atoms with Gasteiger partial charge in [0, 0.05) is 32.5 Å². The molecule has 102 valence electrons. The lowest BCUT2D eigenvalue weighted by Crippen LogP contribution is -2.34. The Hall–Kier alpha value is -1.33. The van der Waals surface area contributed by atoms with E-state index in [1.165, 1.54) is 17.5 Å². The average molecular weight is 277 g/mol. The van der Waals surface area contributed by atoms with Gasteiger partial charge in [0.15, 0.2) is 5.13 Å². The second-order valence-electron chi connectivity index (χ2n) is 5.11. The quantitative estimate of drug-likeness (QED) is 0.876. The molecule has 19 heavy (non-hydrogen) atoms. The first-order valence-corrected chi connectivity index (χ1v) is 7.48. The second kappa shape index (κ2) is 5.35. The van der Waals surface area contributed by atoms with Gasteiger partial charge in [0.1, 0.15) is 0 Å². The molecule has 2 heterocycles. The lowest BCUT2D eigenvalue weighted by molar-refractivity contribution is 0.139. The van der Waals surface area contributed by atoms with E-state index in [4.69, 9.17) is 15.5 Å². The van der Waals surface area contributed by atoms with Gasteiger partial charge < -0.3 is 15.4 Å². The number of methoxy groups -OCH3 is 1. The number of piperidine rings is 1. The lowest BCUT2D eigenvalue weighted by atomic mass is 9.98. The molecule has 0 atom stereocenters. The van der Waals surface area contributed by atoms with Crippen LogP contribution in [0.4, 0.5) is 10.8 Å². The molecular formula is C14H19N3OS. The highest BCUT2D eigenvalue weighted by Crippen LogP contribution is 2.32. The zero-order valence-electron chi connectivity index (χ0n) is 11.1. The van der Waals surface area contributed by atoms with Crippen LogP contribution in [0.25, 0.3) is 10.2 Å². The van der Waals surface area contributed by atoms with Crippen molar-refractivity contribution in [2.45, 2.75) is 12.8 Å². The summed E-state index contributed by atoms with van der Waals surface area (Å²) in [6.07, 6.45) is 2.37. The molecule has 1 fully saturated rings. The van der Waals surface area contributed by atoms with Gasteiger partial charge in [0.05, 0.1) is 10.2 Å². The molecule has 5 heteroatoms. The number of benzene rings is 1. The summed E-state index contributed by atoms with van der Waals surface area (Å²) in [5.74, 6) is 0.700. The summed E-state index contributed by atoms with van der Waals surface area (Å²) >= 11 is 1.74. The monoisotopic (exact) mass is 277 g/mol. The van der Waals surface area contributed by atoms with Crippen LogP contribution in [0.2, 0.25) is 0 Å². The first-order valence-electron chi connectivity index (χ1n) is 6.66.